The standard InChI is InChI=1S/C14H21BrN2O/c1-9(2)8-13(16)14(18)17-10(3)11-4-6-12(15)7-5-11/h4-7,9-10,13H,8,16H2,1-3H3,(H,17,18)/t10-,13+/m0/s1. The molecule has 1 rings (SSSR count). The molecule has 0 aliphatic carbocycles. The SMILES string of the molecule is CC(C)C[C@@H](N)C(=O)N[C@@H](C)c1ccc(Br)cc1. The lowest BCUT2D eigenvalue weighted by atomic mass is 10.0. The largest absolute Gasteiger partial charge is 0.348 e. The minimum atomic E-state index is -0.428. The van der Waals surface area contributed by atoms with Crippen LogP contribution in [0.5, 0.6) is 0 Å². The zero-order chi connectivity index (χ0) is 13.7. The van der Waals surface area contributed by atoms with Gasteiger partial charge in [-0.15, -0.1) is 0 Å². The number of nitrogens with two attached hydrogens (primary N) is 1. The molecule has 0 aromatic heterocycles. The summed E-state index contributed by atoms with van der Waals surface area (Å²) in [7, 11) is 0. The van der Waals surface area contributed by atoms with Crippen molar-refractivity contribution in [3.63, 3.8) is 0 Å². The van der Waals surface area contributed by atoms with Gasteiger partial charge in [0.15, 0.2) is 0 Å². The highest BCUT2D eigenvalue weighted by molar-refractivity contribution is 9.10. The summed E-state index contributed by atoms with van der Waals surface area (Å²) in [6.07, 6.45) is 0.707. The number of hydrogen-bond acceptors (Lipinski definition) is 2. The zero-order valence-corrected chi connectivity index (χ0v) is 12.7. The van der Waals surface area contributed by atoms with E-state index in [2.05, 4.69) is 35.1 Å². The van der Waals surface area contributed by atoms with E-state index >= 15 is 0 Å². The quantitative estimate of drug-likeness (QED) is 0.878. The second-order valence-electron chi connectivity index (χ2n) is 5.02. The van der Waals surface area contributed by atoms with Crippen LogP contribution < -0.4 is 11.1 Å². The molecule has 2 atom stereocenters. The molecular weight excluding hydrogens is 292 g/mol. The number of carbonyl (C=O) groups is 1. The molecule has 0 aliphatic rings. The summed E-state index contributed by atoms with van der Waals surface area (Å²) in [5, 5.41) is 2.94. The molecule has 0 aliphatic heterocycles. The summed E-state index contributed by atoms with van der Waals surface area (Å²) in [5.41, 5.74) is 6.92. The van der Waals surface area contributed by atoms with E-state index in [0.29, 0.717) is 12.3 Å². The first-order chi connectivity index (χ1) is 8.40. The van der Waals surface area contributed by atoms with Crippen molar-refractivity contribution < 1.29 is 4.79 Å². The first-order valence-electron chi connectivity index (χ1n) is 6.21. The number of hydrogen-bond donors (Lipinski definition) is 2. The minimum absolute atomic E-state index is 0.0242. The molecule has 0 radical (unpaired) electrons. The van der Waals surface area contributed by atoms with Crippen LogP contribution >= 0.6 is 15.9 Å². The number of benzene rings is 1. The fourth-order valence-corrected chi connectivity index (χ4v) is 2.03. The maximum Gasteiger partial charge on any atom is 0.237 e. The van der Waals surface area contributed by atoms with Gasteiger partial charge in [-0.3, -0.25) is 4.79 Å². The molecule has 0 bridgehead atoms. The van der Waals surface area contributed by atoms with Gasteiger partial charge in [0.05, 0.1) is 12.1 Å². The molecule has 0 saturated carbocycles. The maximum absolute atomic E-state index is 11.9. The Hall–Kier alpha value is -0.870. The summed E-state index contributed by atoms with van der Waals surface area (Å²) < 4.78 is 1.03. The molecular formula is C14H21BrN2O. The summed E-state index contributed by atoms with van der Waals surface area (Å²) in [4.78, 5) is 11.9. The van der Waals surface area contributed by atoms with Crippen molar-refractivity contribution in [3.05, 3.63) is 34.3 Å². The molecule has 0 saturated heterocycles. The van der Waals surface area contributed by atoms with Crippen LogP contribution in [0.4, 0.5) is 0 Å². The minimum Gasteiger partial charge on any atom is -0.348 e. The van der Waals surface area contributed by atoms with Crippen molar-refractivity contribution in [1.29, 1.82) is 0 Å². The van der Waals surface area contributed by atoms with Gasteiger partial charge in [0.1, 0.15) is 0 Å². The number of carbonyl (C=O) groups excluding carboxylic acids is 1. The molecule has 0 fully saturated rings. The average Bonchev–Trinajstić information content (AvgIpc) is 2.28. The Kier molecular flexibility index (Phi) is 5.82. The van der Waals surface area contributed by atoms with Crippen molar-refractivity contribution in [1.82, 2.24) is 5.32 Å². The van der Waals surface area contributed by atoms with Crippen LogP contribution in [0.15, 0.2) is 28.7 Å². The Morgan fingerprint density at radius 2 is 1.83 bits per heavy atom. The average molecular weight is 313 g/mol. The zero-order valence-electron chi connectivity index (χ0n) is 11.1. The van der Waals surface area contributed by atoms with E-state index in [1.54, 1.807) is 0 Å². The van der Waals surface area contributed by atoms with E-state index in [-0.39, 0.29) is 11.9 Å². The van der Waals surface area contributed by atoms with Gasteiger partial charge in [-0.1, -0.05) is 41.9 Å². The molecule has 100 valence electrons. The lowest BCUT2D eigenvalue weighted by molar-refractivity contribution is -0.123. The first-order valence-corrected chi connectivity index (χ1v) is 7.01. The van der Waals surface area contributed by atoms with Gasteiger partial charge in [-0.25, -0.2) is 0 Å². The van der Waals surface area contributed by atoms with E-state index in [9.17, 15) is 4.79 Å². The van der Waals surface area contributed by atoms with Gasteiger partial charge in [0.2, 0.25) is 5.91 Å². The summed E-state index contributed by atoms with van der Waals surface area (Å²) in [6.45, 7) is 6.08. The predicted molar refractivity (Wildman–Crippen MR) is 78.1 cm³/mol. The van der Waals surface area contributed by atoms with Gasteiger partial charge in [0.25, 0.3) is 0 Å². The van der Waals surface area contributed by atoms with Crippen LogP contribution in [0.3, 0.4) is 0 Å². The van der Waals surface area contributed by atoms with E-state index in [4.69, 9.17) is 5.73 Å². The summed E-state index contributed by atoms with van der Waals surface area (Å²) >= 11 is 3.39. The fourth-order valence-electron chi connectivity index (χ4n) is 1.77. The normalized spacial score (nSPS) is 14.3. The molecule has 3 nitrogen and oxygen atoms in total. The summed E-state index contributed by atoms with van der Waals surface area (Å²) in [6, 6.07) is 7.45. The Bertz CT molecular complexity index is 389. The number of rotatable bonds is 5. The number of amides is 1. The smallest absolute Gasteiger partial charge is 0.237 e. The van der Waals surface area contributed by atoms with Crippen LogP contribution in [-0.2, 0) is 4.79 Å². The highest BCUT2D eigenvalue weighted by Crippen LogP contribution is 2.16. The third-order valence-electron chi connectivity index (χ3n) is 2.79. The molecule has 1 amide bonds. The molecule has 1 aromatic carbocycles. The van der Waals surface area contributed by atoms with E-state index in [1.807, 2.05) is 31.2 Å². The van der Waals surface area contributed by atoms with E-state index in [1.165, 1.54) is 0 Å². The molecule has 3 N–H and O–H groups in total. The topological polar surface area (TPSA) is 55.1 Å². The molecule has 1 aromatic rings. The highest BCUT2D eigenvalue weighted by Gasteiger charge is 2.17. The van der Waals surface area contributed by atoms with E-state index in [0.717, 1.165) is 10.0 Å². The van der Waals surface area contributed by atoms with Gasteiger partial charge in [-0.05, 0) is 37.0 Å². The van der Waals surface area contributed by atoms with Crippen molar-refractivity contribution >= 4 is 21.8 Å². The fraction of sp³-hybridized carbons (Fsp3) is 0.500. The molecule has 0 spiro atoms. The van der Waals surface area contributed by atoms with Gasteiger partial charge in [-0.2, -0.15) is 0 Å². The van der Waals surface area contributed by atoms with E-state index < -0.39 is 6.04 Å². The molecule has 18 heavy (non-hydrogen) atoms. The first kappa shape index (κ1) is 15.2. The van der Waals surface area contributed by atoms with Crippen LogP contribution in [0, 0.1) is 5.92 Å². The number of halogens is 1. The Balaban J connectivity index is 2.56. The second-order valence-corrected chi connectivity index (χ2v) is 5.93. The maximum atomic E-state index is 11.9. The van der Waals surface area contributed by atoms with Crippen molar-refractivity contribution in [2.75, 3.05) is 0 Å². The monoisotopic (exact) mass is 312 g/mol. The predicted octanol–water partition coefficient (Wildman–Crippen LogP) is 3.00. The molecule has 4 heteroatoms. The third-order valence-corrected chi connectivity index (χ3v) is 3.32. The van der Waals surface area contributed by atoms with Crippen LogP contribution in [-0.4, -0.2) is 11.9 Å². The van der Waals surface area contributed by atoms with Gasteiger partial charge in [0, 0.05) is 4.47 Å². The lowest BCUT2D eigenvalue weighted by Crippen LogP contribution is -2.42. The van der Waals surface area contributed by atoms with Crippen molar-refractivity contribution in [3.8, 4) is 0 Å². The molecule has 0 unspecified atom stereocenters. The highest BCUT2D eigenvalue weighted by atomic mass is 79.9. The number of nitrogens with one attached hydrogen (secondary N) is 1. The molecule has 0 heterocycles. The Morgan fingerprint density at radius 3 is 2.33 bits per heavy atom. The van der Waals surface area contributed by atoms with Crippen molar-refractivity contribution in [2.24, 2.45) is 11.7 Å². The van der Waals surface area contributed by atoms with Crippen LogP contribution in [0.2, 0.25) is 0 Å². The summed E-state index contributed by atoms with van der Waals surface area (Å²) in [5.74, 6) is 0.341. The van der Waals surface area contributed by atoms with Crippen molar-refractivity contribution in [2.45, 2.75) is 39.3 Å². The Labute approximate surface area is 117 Å². The second kappa shape index (κ2) is 6.90. The Morgan fingerprint density at radius 1 is 1.28 bits per heavy atom. The third kappa shape index (κ3) is 4.78. The van der Waals surface area contributed by atoms with Gasteiger partial charge >= 0.3 is 0 Å². The lowest BCUT2D eigenvalue weighted by Gasteiger charge is -2.19. The van der Waals surface area contributed by atoms with Crippen LogP contribution in [0.1, 0.15) is 38.8 Å². The van der Waals surface area contributed by atoms with Crippen LogP contribution in [0.25, 0.3) is 0 Å². The van der Waals surface area contributed by atoms with Gasteiger partial charge < -0.3 is 11.1 Å².